The van der Waals surface area contributed by atoms with Crippen molar-refractivity contribution in [3.8, 4) is 0 Å². The summed E-state index contributed by atoms with van der Waals surface area (Å²) in [5, 5.41) is 6.61. The standard InChI is InChI=1S/2C6H15N.BrH/c2*1-5(2)7-6(3)4;/h2*5-7H,1-4H3;1H. The molecule has 0 aliphatic rings. The van der Waals surface area contributed by atoms with E-state index in [2.05, 4.69) is 66.0 Å². The van der Waals surface area contributed by atoms with Gasteiger partial charge in [-0.05, 0) is 0 Å². The summed E-state index contributed by atoms with van der Waals surface area (Å²) in [5.41, 5.74) is 0. The topological polar surface area (TPSA) is 24.1 Å². The van der Waals surface area contributed by atoms with Gasteiger partial charge < -0.3 is 10.6 Å². The van der Waals surface area contributed by atoms with Crippen LogP contribution in [-0.4, -0.2) is 24.2 Å². The summed E-state index contributed by atoms with van der Waals surface area (Å²) in [6.07, 6.45) is 0. The monoisotopic (exact) mass is 282 g/mol. The van der Waals surface area contributed by atoms with Crippen LogP contribution >= 0.6 is 17.0 Å². The number of hydrogen-bond acceptors (Lipinski definition) is 2. The van der Waals surface area contributed by atoms with Crippen LogP contribution < -0.4 is 10.6 Å². The summed E-state index contributed by atoms with van der Waals surface area (Å²) in [5.74, 6) is 0. The number of rotatable bonds is 4. The summed E-state index contributed by atoms with van der Waals surface area (Å²) < 4.78 is 0. The van der Waals surface area contributed by atoms with E-state index in [0.29, 0.717) is 24.2 Å². The Morgan fingerprint density at radius 2 is 0.600 bits per heavy atom. The molecule has 0 atom stereocenters. The molecule has 0 saturated carbocycles. The van der Waals surface area contributed by atoms with E-state index in [-0.39, 0.29) is 17.0 Å². The summed E-state index contributed by atoms with van der Waals surface area (Å²) in [6.45, 7) is 17.2. The van der Waals surface area contributed by atoms with E-state index in [9.17, 15) is 0 Å². The van der Waals surface area contributed by atoms with Gasteiger partial charge in [0.25, 0.3) is 0 Å². The molecule has 0 aromatic rings. The molecule has 0 saturated heterocycles. The first-order valence-corrected chi connectivity index (χ1v) is 5.77. The Bertz CT molecular complexity index is 86.2. The fourth-order valence-corrected chi connectivity index (χ4v) is 1.33. The Kier molecular flexibility index (Phi) is 17.3. The zero-order valence-electron chi connectivity index (χ0n) is 11.7. The molecule has 0 amide bonds. The van der Waals surface area contributed by atoms with E-state index in [0.717, 1.165) is 0 Å². The Morgan fingerprint density at radius 3 is 0.600 bits per heavy atom. The first kappa shape index (κ1) is 20.8. The maximum absolute atomic E-state index is 3.31. The van der Waals surface area contributed by atoms with Crippen LogP contribution in [0.15, 0.2) is 0 Å². The average Bonchev–Trinajstić information content (AvgIpc) is 1.79. The Balaban J connectivity index is -0.000000180. The molecule has 0 bridgehead atoms. The predicted octanol–water partition coefficient (Wildman–Crippen LogP) is 3.36. The Labute approximate surface area is 107 Å². The highest BCUT2D eigenvalue weighted by Gasteiger charge is 1.93. The molecule has 2 N–H and O–H groups in total. The first-order valence-electron chi connectivity index (χ1n) is 5.77. The minimum absolute atomic E-state index is 0. The van der Waals surface area contributed by atoms with Crippen LogP contribution in [0.1, 0.15) is 55.4 Å². The van der Waals surface area contributed by atoms with E-state index in [1.54, 1.807) is 0 Å². The maximum atomic E-state index is 3.31. The van der Waals surface area contributed by atoms with E-state index in [4.69, 9.17) is 0 Å². The van der Waals surface area contributed by atoms with Gasteiger partial charge in [-0.25, -0.2) is 0 Å². The highest BCUT2D eigenvalue weighted by Crippen LogP contribution is 1.81. The van der Waals surface area contributed by atoms with Gasteiger partial charge in [0, 0.05) is 24.2 Å². The number of nitrogens with one attached hydrogen (secondary N) is 2. The van der Waals surface area contributed by atoms with Crippen molar-refractivity contribution < 1.29 is 0 Å². The predicted molar refractivity (Wildman–Crippen MR) is 77.1 cm³/mol. The Morgan fingerprint density at radius 1 is 0.467 bits per heavy atom. The third-order valence-corrected chi connectivity index (χ3v) is 1.33. The van der Waals surface area contributed by atoms with Gasteiger partial charge >= 0.3 is 0 Å². The number of halogens is 1. The van der Waals surface area contributed by atoms with Gasteiger partial charge in [-0.15, -0.1) is 17.0 Å². The summed E-state index contributed by atoms with van der Waals surface area (Å²) in [7, 11) is 0. The molecule has 0 aliphatic heterocycles. The molecule has 15 heavy (non-hydrogen) atoms. The smallest absolute Gasteiger partial charge is 0.00127 e. The minimum atomic E-state index is 0. The van der Waals surface area contributed by atoms with Crippen molar-refractivity contribution in [1.82, 2.24) is 10.6 Å². The van der Waals surface area contributed by atoms with E-state index in [1.165, 1.54) is 0 Å². The molecule has 0 rings (SSSR count). The van der Waals surface area contributed by atoms with Gasteiger partial charge in [-0.1, -0.05) is 55.4 Å². The molecule has 0 aromatic heterocycles. The molecule has 96 valence electrons. The van der Waals surface area contributed by atoms with Crippen molar-refractivity contribution in [2.75, 3.05) is 0 Å². The van der Waals surface area contributed by atoms with Gasteiger partial charge in [0.05, 0.1) is 0 Å². The lowest BCUT2D eigenvalue weighted by Gasteiger charge is -2.10. The SMILES string of the molecule is Br.CC(C)NC(C)C.CC(C)NC(C)C. The van der Waals surface area contributed by atoms with Crippen LogP contribution in [0.4, 0.5) is 0 Å². The molecule has 0 spiro atoms. The van der Waals surface area contributed by atoms with Crippen LogP contribution in [0.25, 0.3) is 0 Å². The van der Waals surface area contributed by atoms with Crippen LogP contribution in [-0.2, 0) is 0 Å². The molecule has 3 heteroatoms. The van der Waals surface area contributed by atoms with Crippen molar-refractivity contribution in [1.29, 1.82) is 0 Å². The van der Waals surface area contributed by atoms with Crippen molar-refractivity contribution in [3.63, 3.8) is 0 Å². The summed E-state index contributed by atoms with van der Waals surface area (Å²) in [4.78, 5) is 0. The van der Waals surface area contributed by atoms with E-state index < -0.39 is 0 Å². The van der Waals surface area contributed by atoms with Crippen molar-refractivity contribution >= 4 is 17.0 Å². The molecule has 0 radical (unpaired) electrons. The second kappa shape index (κ2) is 12.5. The molecule has 0 aromatic carbocycles. The Hall–Kier alpha value is 0.400. The molecular weight excluding hydrogens is 252 g/mol. The van der Waals surface area contributed by atoms with Gasteiger partial charge in [0.2, 0.25) is 0 Å². The normalized spacial score (nSPS) is 10.4. The fraction of sp³-hybridized carbons (Fsp3) is 1.00. The third-order valence-electron chi connectivity index (χ3n) is 1.33. The molecule has 0 aliphatic carbocycles. The second-order valence-corrected chi connectivity index (χ2v) is 4.95. The highest BCUT2D eigenvalue weighted by molar-refractivity contribution is 8.93. The summed E-state index contributed by atoms with van der Waals surface area (Å²) >= 11 is 0. The van der Waals surface area contributed by atoms with Gasteiger partial charge in [-0.3, -0.25) is 0 Å². The van der Waals surface area contributed by atoms with Crippen molar-refractivity contribution in [2.24, 2.45) is 0 Å². The van der Waals surface area contributed by atoms with Gasteiger partial charge in [0.15, 0.2) is 0 Å². The minimum Gasteiger partial charge on any atom is -0.312 e. The quantitative estimate of drug-likeness (QED) is 0.826. The molecular formula is C12H31BrN2. The van der Waals surface area contributed by atoms with E-state index in [1.807, 2.05) is 0 Å². The third kappa shape index (κ3) is 31.4. The molecule has 0 fully saturated rings. The zero-order valence-corrected chi connectivity index (χ0v) is 13.4. The molecule has 0 unspecified atom stereocenters. The second-order valence-electron chi connectivity index (χ2n) is 4.95. The van der Waals surface area contributed by atoms with Crippen molar-refractivity contribution in [2.45, 2.75) is 79.6 Å². The molecule has 2 nitrogen and oxygen atoms in total. The number of hydrogen-bond donors (Lipinski definition) is 2. The van der Waals surface area contributed by atoms with Crippen LogP contribution in [0.3, 0.4) is 0 Å². The van der Waals surface area contributed by atoms with Gasteiger partial charge in [0.1, 0.15) is 0 Å². The summed E-state index contributed by atoms with van der Waals surface area (Å²) in [6, 6.07) is 2.50. The lowest BCUT2D eigenvalue weighted by atomic mass is 10.3. The highest BCUT2D eigenvalue weighted by atomic mass is 79.9. The average molecular weight is 283 g/mol. The largest absolute Gasteiger partial charge is 0.312 e. The molecule has 0 heterocycles. The first-order chi connectivity index (χ1) is 6.25. The van der Waals surface area contributed by atoms with Crippen LogP contribution in [0.5, 0.6) is 0 Å². The van der Waals surface area contributed by atoms with Gasteiger partial charge in [-0.2, -0.15) is 0 Å². The van der Waals surface area contributed by atoms with E-state index >= 15 is 0 Å². The maximum Gasteiger partial charge on any atom is 0.00127 e. The zero-order chi connectivity index (χ0) is 11.7. The van der Waals surface area contributed by atoms with Crippen LogP contribution in [0.2, 0.25) is 0 Å². The fourth-order valence-electron chi connectivity index (χ4n) is 1.33. The van der Waals surface area contributed by atoms with Crippen LogP contribution in [0, 0.1) is 0 Å². The lowest BCUT2D eigenvalue weighted by Crippen LogP contribution is -2.29. The van der Waals surface area contributed by atoms with Crippen molar-refractivity contribution in [3.05, 3.63) is 0 Å². The lowest BCUT2D eigenvalue weighted by molar-refractivity contribution is 0.518.